The molecule has 1 saturated heterocycles. The maximum absolute atomic E-state index is 15.7. The summed E-state index contributed by atoms with van der Waals surface area (Å²) in [6.07, 6.45) is 1.12. The molecule has 1 amide bonds. The Morgan fingerprint density at radius 3 is 2.55 bits per heavy atom. The number of ether oxygens (including phenoxy) is 1. The maximum atomic E-state index is 15.7. The molecule has 3 aliphatic rings. The van der Waals surface area contributed by atoms with Crippen molar-refractivity contribution in [1.82, 2.24) is 4.90 Å². The van der Waals surface area contributed by atoms with E-state index in [9.17, 15) is 13.2 Å². The first-order valence-electron chi connectivity index (χ1n) is 12.2. The smallest absolute Gasteiger partial charge is 0.420 e. The third-order valence-corrected chi connectivity index (χ3v) is 9.47. The molecule has 1 fully saturated rings. The van der Waals surface area contributed by atoms with Crippen molar-refractivity contribution in [2.75, 3.05) is 23.3 Å². The summed E-state index contributed by atoms with van der Waals surface area (Å²) in [5, 5.41) is 4.88. The molecule has 8 nitrogen and oxygen atoms in total. The summed E-state index contributed by atoms with van der Waals surface area (Å²) in [4.78, 5) is 20.5. The first-order chi connectivity index (χ1) is 18.0. The number of hydrogen-bond acceptors (Lipinski definition) is 7. The second-order valence-corrected chi connectivity index (χ2v) is 14.2. The number of hydrogen-bond donors (Lipinski definition) is 1. The van der Waals surface area contributed by atoms with Crippen LogP contribution in [-0.4, -0.2) is 43.6 Å². The number of rotatable bonds is 5. The molecule has 38 heavy (non-hydrogen) atoms. The summed E-state index contributed by atoms with van der Waals surface area (Å²) < 4.78 is 44.0. The number of carbonyl (C=O) groups is 1. The van der Waals surface area contributed by atoms with Crippen LogP contribution in [0.1, 0.15) is 56.8 Å². The standard InChI is InChI=1S/C26H28ClFN4O4S2/c1-26(2,3)36-25(33)32(24-14-37(15-29-24)38(34)35)23-11-18(27)21(12-19(23)28)30-20-13-22(31-9-6-10-31)17-8-5-4-7-16(17)20/h4-5,7-8,11-12,14-15,20,22,30H,6,9-10,13H2,1-3H3/t20-,22+,37?/m1/s1. The number of likely N-dealkylation sites (tertiary alicyclic amines) is 1. The van der Waals surface area contributed by atoms with Gasteiger partial charge < -0.3 is 10.1 Å². The van der Waals surface area contributed by atoms with E-state index in [1.54, 1.807) is 20.8 Å². The van der Waals surface area contributed by atoms with E-state index in [0.29, 0.717) is 11.7 Å². The molecule has 1 N–H and O–H groups in total. The van der Waals surface area contributed by atoms with E-state index in [1.807, 2.05) is 12.1 Å². The number of halogens is 2. The molecule has 3 atom stereocenters. The Bertz CT molecular complexity index is 1490. The van der Waals surface area contributed by atoms with E-state index in [-0.39, 0.29) is 22.6 Å². The second-order valence-electron chi connectivity index (χ2n) is 10.3. The summed E-state index contributed by atoms with van der Waals surface area (Å²) in [6, 6.07) is 11.1. The molecule has 0 radical (unpaired) electrons. The first-order valence-corrected chi connectivity index (χ1v) is 15.5. The highest BCUT2D eigenvalue weighted by Crippen LogP contribution is 2.46. The average Bonchev–Trinajstić information content (AvgIpc) is 3.41. The Balaban J connectivity index is 1.47. The van der Waals surface area contributed by atoms with E-state index < -0.39 is 36.2 Å². The lowest BCUT2D eigenvalue weighted by atomic mass is 10.0. The summed E-state index contributed by atoms with van der Waals surface area (Å²) >= 11 is 6.64. The lowest BCUT2D eigenvalue weighted by molar-refractivity contribution is 0.0591. The first kappa shape index (κ1) is 26.9. The summed E-state index contributed by atoms with van der Waals surface area (Å²) in [5.74, 6) is -0.788. The van der Waals surface area contributed by atoms with Crippen molar-refractivity contribution in [2.24, 2.45) is 4.99 Å². The minimum absolute atomic E-state index is 0.0513. The minimum atomic E-state index is -2.46. The number of carbonyl (C=O) groups excluding carboxylic acids is 1. The Morgan fingerprint density at radius 1 is 1.24 bits per heavy atom. The Morgan fingerprint density at radius 2 is 1.95 bits per heavy atom. The van der Waals surface area contributed by atoms with Crippen LogP contribution in [-0.2, 0) is 23.5 Å². The molecule has 12 heteroatoms. The van der Waals surface area contributed by atoms with Crippen LogP contribution in [0.4, 0.5) is 20.6 Å². The third-order valence-electron chi connectivity index (χ3n) is 6.60. The largest absolute Gasteiger partial charge is 0.443 e. The van der Waals surface area contributed by atoms with Gasteiger partial charge in [-0.15, -0.1) is 0 Å². The van der Waals surface area contributed by atoms with Crippen molar-refractivity contribution in [2.45, 2.75) is 51.3 Å². The van der Waals surface area contributed by atoms with Gasteiger partial charge in [-0.2, -0.15) is 8.42 Å². The Kier molecular flexibility index (Phi) is 7.38. The molecule has 1 aliphatic carbocycles. The zero-order valence-electron chi connectivity index (χ0n) is 21.1. The van der Waals surface area contributed by atoms with Crippen molar-refractivity contribution in [3.05, 3.63) is 69.6 Å². The highest BCUT2D eigenvalue weighted by atomic mass is 35.5. The third kappa shape index (κ3) is 5.38. The highest BCUT2D eigenvalue weighted by molar-refractivity contribution is 8.42. The molecule has 202 valence electrons. The predicted octanol–water partition coefficient (Wildman–Crippen LogP) is 5.78. The maximum Gasteiger partial charge on any atom is 0.420 e. The molecule has 5 rings (SSSR count). The number of benzene rings is 2. The van der Waals surface area contributed by atoms with Gasteiger partial charge in [-0.05, 0) is 63.9 Å². The van der Waals surface area contributed by atoms with Crippen LogP contribution in [0, 0.1) is 5.82 Å². The SMILES string of the molecule is CC(C)(C)OC(=O)N(C1=CS(=S(=O)=O)C=N1)c1cc(Cl)c(N[C@@H]2C[C@H](N3CCC3)c3ccccc32)cc1F. The molecule has 2 aliphatic heterocycles. The van der Waals surface area contributed by atoms with Gasteiger partial charge in [0.2, 0.25) is 9.26 Å². The number of aliphatic imine (C=N–C) groups is 1. The predicted molar refractivity (Wildman–Crippen MR) is 149 cm³/mol. The zero-order chi connectivity index (χ0) is 27.2. The number of fused-ring (bicyclic) bond motifs is 1. The van der Waals surface area contributed by atoms with Crippen LogP contribution in [0.2, 0.25) is 5.02 Å². The van der Waals surface area contributed by atoms with Crippen molar-refractivity contribution in [3.63, 3.8) is 0 Å². The van der Waals surface area contributed by atoms with Gasteiger partial charge in [-0.1, -0.05) is 35.9 Å². The van der Waals surface area contributed by atoms with Gasteiger partial charge >= 0.3 is 6.09 Å². The number of nitrogens with zero attached hydrogens (tertiary/aromatic N) is 3. The van der Waals surface area contributed by atoms with Gasteiger partial charge in [0.15, 0.2) is 5.82 Å². The van der Waals surface area contributed by atoms with Gasteiger partial charge in [0, 0.05) is 27.0 Å². The van der Waals surface area contributed by atoms with E-state index in [0.717, 1.165) is 30.0 Å². The molecule has 2 aromatic carbocycles. The molecular formula is C26H28ClFN4O4S2. The van der Waals surface area contributed by atoms with Crippen LogP contribution in [0.5, 0.6) is 0 Å². The lowest BCUT2D eigenvalue weighted by Crippen LogP contribution is -2.39. The van der Waals surface area contributed by atoms with Crippen LogP contribution in [0.15, 0.2) is 52.6 Å². The number of nitrogens with one attached hydrogen (secondary N) is 1. The van der Waals surface area contributed by atoms with Crippen molar-refractivity contribution < 1.29 is 22.3 Å². The van der Waals surface area contributed by atoms with Crippen LogP contribution >= 0.6 is 11.6 Å². The van der Waals surface area contributed by atoms with Crippen molar-refractivity contribution in [3.8, 4) is 0 Å². The molecule has 1 unspecified atom stereocenters. The molecule has 0 saturated carbocycles. The van der Waals surface area contributed by atoms with Gasteiger partial charge in [-0.25, -0.2) is 19.1 Å². The fourth-order valence-electron chi connectivity index (χ4n) is 4.83. The molecule has 0 bridgehead atoms. The summed E-state index contributed by atoms with van der Waals surface area (Å²) in [5.41, 5.74) is 2.94. The van der Waals surface area contributed by atoms with E-state index >= 15 is 4.39 Å². The second kappa shape index (κ2) is 10.4. The summed E-state index contributed by atoms with van der Waals surface area (Å²) in [7, 11) is -3.81. The van der Waals surface area contributed by atoms with Crippen molar-refractivity contribution in [1.29, 1.82) is 0 Å². The van der Waals surface area contributed by atoms with Gasteiger partial charge in [0.1, 0.15) is 11.4 Å². The average molecular weight is 579 g/mol. The normalized spacial score (nSPS) is 22.4. The quantitative estimate of drug-likeness (QED) is 0.484. The Hall–Kier alpha value is -2.73. The topological polar surface area (TPSA) is 91.3 Å². The van der Waals surface area contributed by atoms with E-state index in [1.165, 1.54) is 35.1 Å². The van der Waals surface area contributed by atoms with Crippen LogP contribution < -0.4 is 10.2 Å². The lowest BCUT2D eigenvalue weighted by Gasteiger charge is -2.37. The van der Waals surface area contributed by atoms with Gasteiger partial charge in [0.25, 0.3) is 0 Å². The Labute approximate surface area is 229 Å². The molecule has 2 aromatic rings. The molecule has 0 spiro atoms. The molecular weight excluding hydrogens is 551 g/mol. The number of anilines is 2. The van der Waals surface area contributed by atoms with Gasteiger partial charge in [-0.3, -0.25) is 4.90 Å². The summed E-state index contributed by atoms with van der Waals surface area (Å²) in [6.45, 7) is 7.16. The fraction of sp³-hybridized carbons (Fsp3) is 0.385. The zero-order valence-corrected chi connectivity index (χ0v) is 23.5. The van der Waals surface area contributed by atoms with E-state index in [4.69, 9.17) is 16.3 Å². The highest BCUT2D eigenvalue weighted by Gasteiger charge is 2.37. The molecule has 2 heterocycles. The van der Waals surface area contributed by atoms with E-state index in [2.05, 4.69) is 27.3 Å². The minimum Gasteiger partial charge on any atom is -0.443 e. The van der Waals surface area contributed by atoms with Crippen molar-refractivity contribution >= 4 is 53.3 Å². The fourth-order valence-corrected chi connectivity index (χ4v) is 6.67. The van der Waals surface area contributed by atoms with Gasteiger partial charge in [0.05, 0.1) is 28.0 Å². The number of amides is 1. The van der Waals surface area contributed by atoms with Crippen LogP contribution in [0.3, 0.4) is 0 Å². The monoisotopic (exact) mass is 578 g/mol. The molecule has 0 aromatic heterocycles. The van der Waals surface area contributed by atoms with Crippen LogP contribution in [0.25, 0.3) is 0 Å².